The number of nitrogens with zero attached hydrogens (tertiary/aromatic N) is 1. The van der Waals surface area contributed by atoms with Gasteiger partial charge in [-0.25, -0.2) is 4.79 Å². The number of fused-ring (bicyclic) bond motifs is 1. The molecule has 2 unspecified atom stereocenters. The molecule has 1 aliphatic rings. The molecular formula is C16H23N3O3. The van der Waals surface area contributed by atoms with E-state index in [1.165, 1.54) is 5.56 Å². The molecule has 1 aromatic carbocycles. The molecule has 0 bridgehead atoms. The first-order valence-electron chi connectivity index (χ1n) is 7.45. The normalized spacial score (nSPS) is 17.8. The van der Waals surface area contributed by atoms with Crippen LogP contribution in [0.25, 0.3) is 0 Å². The van der Waals surface area contributed by atoms with Gasteiger partial charge in [-0.05, 0) is 31.9 Å². The lowest BCUT2D eigenvalue weighted by molar-refractivity contribution is -0.118. The van der Waals surface area contributed by atoms with Crippen molar-refractivity contribution in [2.75, 3.05) is 25.2 Å². The maximum absolute atomic E-state index is 12.1. The minimum Gasteiger partial charge on any atom is -0.383 e. The number of rotatable bonds is 5. The topological polar surface area (TPSA) is 70.7 Å². The van der Waals surface area contributed by atoms with Crippen LogP contribution in [0.5, 0.6) is 0 Å². The van der Waals surface area contributed by atoms with Gasteiger partial charge in [0.1, 0.15) is 0 Å². The maximum atomic E-state index is 12.1. The third-order valence-electron chi connectivity index (χ3n) is 3.71. The molecule has 0 saturated carbocycles. The van der Waals surface area contributed by atoms with Gasteiger partial charge in [-0.3, -0.25) is 10.1 Å². The Morgan fingerprint density at radius 1 is 1.41 bits per heavy atom. The molecule has 0 fully saturated rings. The first kappa shape index (κ1) is 16.3. The minimum absolute atomic E-state index is 0.149. The summed E-state index contributed by atoms with van der Waals surface area (Å²) in [7, 11) is 1.56. The summed E-state index contributed by atoms with van der Waals surface area (Å²) in [4.78, 5) is 25.8. The van der Waals surface area contributed by atoms with Crippen molar-refractivity contribution >= 4 is 17.6 Å². The van der Waals surface area contributed by atoms with E-state index < -0.39 is 6.03 Å². The van der Waals surface area contributed by atoms with Crippen LogP contribution in [0.15, 0.2) is 24.3 Å². The predicted molar refractivity (Wildman–Crippen MR) is 85.0 cm³/mol. The van der Waals surface area contributed by atoms with E-state index in [1.54, 1.807) is 7.11 Å². The van der Waals surface area contributed by atoms with Crippen LogP contribution < -0.4 is 15.5 Å². The molecule has 0 spiro atoms. The van der Waals surface area contributed by atoms with Crippen LogP contribution in [-0.2, 0) is 16.0 Å². The number of para-hydroxylation sites is 1. The molecule has 0 saturated heterocycles. The van der Waals surface area contributed by atoms with E-state index in [0.29, 0.717) is 6.61 Å². The van der Waals surface area contributed by atoms with Crippen molar-refractivity contribution < 1.29 is 14.3 Å². The van der Waals surface area contributed by atoms with Crippen molar-refractivity contribution in [3.63, 3.8) is 0 Å². The fourth-order valence-corrected chi connectivity index (χ4v) is 2.74. The molecule has 6 nitrogen and oxygen atoms in total. The van der Waals surface area contributed by atoms with Crippen molar-refractivity contribution in [1.29, 1.82) is 0 Å². The molecule has 1 aromatic rings. The second-order valence-electron chi connectivity index (χ2n) is 5.69. The number of nitrogens with one attached hydrogen (secondary N) is 2. The summed E-state index contributed by atoms with van der Waals surface area (Å²) in [5.41, 5.74) is 2.30. The Hall–Kier alpha value is -2.08. The molecule has 2 N–H and O–H groups in total. The number of urea groups is 1. The van der Waals surface area contributed by atoms with Crippen LogP contribution in [0.4, 0.5) is 10.5 Å². The lowest BCUT2D eigenvalue weighted by Gasteiger charge is -2.24. The fourth-order valence-electron chi connectivity index (χ4n) is 2.74. The van der Waals surface area contributed by atoms with E-state index in [2.05, 4.69) is 23.6 Å². The van der Waals surface area contributed by atoms with Crippen molar-refractivity contribution in [3.05, 3.63) is 29.8 Å². The predicted octanol–water partition coefficient (Wildman–Crippen LogP) is 1.30. The van der Waals surface area contributed by atoms with Crippen LogP contribution in [0, 0.1) is 0 Å². The number of carbonyl (C=O) groups excluding carboxylic acids is 2. The van der Waals surface area contributed by atoms with Crippen LogP contribution in [0.2, 0.25) is 0 Å². The molecule has 2 atom stereocenters. The number of benzene rings is 1. The summed E-state index contributed by atoms with van der Waals surface area (Å²) in [6.07, 6.45) is 0.917. The van der Waals surface area contributed by atoms with Gasteiger partial charge >= 0.3 is 6.03 Å². The van der Waals surface area contributed by atoms with Gasteiger partial charge in [-0.15, -0.1) is 0 Å². The van der Waals surface area contributed by atoms with E-state index in [1.807, 2.05) is 30.0 Å². The second kappa shape index (κ2) is 7.26. The molecule has 22 heavy (non-hydrogen) atoms. The Bertz CT molecular complexity index is 547. The Balaban J connectivity index is 1.88. The molecule has 0 aliphatic carbocycles. The van der Waals surface area contributed by atoms with E-state index in [4.69, 9.17) is 4.74 Å². The fraction of sp³-hybridized carbons (Fsp3) is 0.500. The largest absolute Gasteiger partial charge is 0.383 e. The zero-order valence-corrected chi connectivity index (χ0v) is 13.3. The third-order valence-corrected chi connectivity index (χ3v) is 3.71. The maximum Gasteiger partial charge on any atom is 0.321 e. The number of imide groups is 1. The standard InChI is InChI=1S/C16H23N3O3/c1-11(10-22-3)17-16(21)18-15(20)9-19-12(2)8-13-6-4-5-7-14(13)19/h4-7,11-12H,8-10H2,1-3H3,(H2,17,18,20,21). The molecule has 120 valence electrons. The van der Waals surface area contributed by atoms with Crippen molar-refractivity contribution in [3.8, 4) is 0 Å². The number of amides is 3. The summed E-state index contributed by atoms with van der Waals surface area (Å²) < 4.78 is 4.93. The van der Waals surface area contributed by atoms with Gasteiger partial charge in [0, 0.05) is 18.8 Å². The highest BCUT2D eigenvalue weighted by Gasteiger charge is 2.27. The summed E-state index contributed by atoms with van der Waals surface area (Å²) >= 11 is 0. The van der Waals surface area contributed by atoms with Gasteiger partial charge < -0.3 is 15.0 Å². The Kier molecular flexibility index (Phi) is 5.38. The first-order chi connectivity index (χ1) is 10.5. The number of carbonyl (C=O) groups is 2. The molecule has 2 rings (SSSR count). The summed E-state index contributed by atoms with van der Waals surface area (Å²) in [6, 6.07) is 7.65. The molecule has 6 heteroatoms. The van der Waals surface area contributed by atoms with Crippen LogP contribution >= 0.6 is 0 Å². The minimum atomic E-state index is -0.491. The Morgan fingerprint density at radius 3 is 2.86 bits per heavy atom. The Labute approximate surface area is 130 Å². The number of hydrogen-bond donors (Lipinski definition) is 2. The monoisotopic (exact) mass is 305 g/mol. The van der Waals surface area contributed by atoms with Gasteiger partial charge in [-0.1, -0.05) is 18.2 Å². The summed E-state index contributed by atoms with van der Waals surface area (Å²) in [5, 5.41) is 5.01. The van der Waals surface area contributed by atoms with Gasteiger partial charge in [-0.2, -0.15) is 0 Å². The molecule has 3 amide bonds. The summed E-state index contributed by atoms with van der Waals surface area (Å²) in [5.74, 6) is -0.314. The zero-order valence-electron chi connectivity index (χ0n) is 13.3. The van der Waals surface area contributed by atoms with E-state index in [0.717, 1.165) is 12.1 Å². The lowest BCUT2D eigenvalue weighted by atomic mass is 10.1. The quantitative estimate of drug-likeness (QED) is 0.860. The van der Waals surface area contributed by atoms with Crippen LogP contribution in [0.3, 0.4) is 0 Å². The average Bonchev–Trinajstić information content (AvgIpc) is 2.75. The van der Waals surface area contributed by atoms with Crippen molar-refractivity contribution in [1.82, 2.24) is 10.6 Å². The number of methoxy groups -OCH3 is 1. The SMILES string of the molecule is COCC(C)NC(=O)NC(=O)CN1c2ccccc2CC1C. The number of hydrogen-bond acceptors (Lipinski definition) is 4. The van der Waals surface area contributed by atoms with Gasteiger partial charge in [0.25, 0.3) is 0 Å². The zero-order chi connectivity index (χ0) is 16.1. The van der Waals surface area contributed by atoms with Crippen molar-refractivity contribution in [2.24, 2.45) is 0 Å². The van der Waals surface area contributed by atoms with Gasteiger partial charge in [0.05, 0.1) is 19.2 Å². The smallest absolute Gasteiger partial charge is 0.321 e. The Morgan fingerprint density at radius 2 is 2.14 bits per heavy atom. The van der Waals surface area contributed by atoms with E-state index in [-0.39, 0.29) is 24.5 Å². The van der Waals surface area contributed by atoms with Crippen LogP contribution in [-0.4, -0.2) is 44.3 Å². The van der Waals surface area contributed by atoms with Gasteiger partial charge in [0.2, 0.25) is 5.91 Å². The van der Waals surface area contributed by atoms with E-state index in [9.17, 15) is 9.59 Å². The van der Waals surface area contributed by atoms with Gasteiger partial charge in [0.15, 0.2) is 0 Å². The molecule has 0 radical (unpaired) electrons. The molecular weight excluding hydrogens is 282 g/mol. The highest BCUT2D eigenvalue weighted by molar-refractivity contribution is 5.96. The van der Waals surface area contributed by atoms with Crippen molar-refractivity contribution in [2.45, 2.75) is 32.4 Å². The van der Waals surface area contributed by atoms with E-state index >= 15 is 0 Å². The third kappa shape index (κ3) is 3.98. The second-order valence-corrected chi connectivity index (χ2v) is 5.69. The summed E-state index contributed by atoms with van der Waals surface area (Å²) in [6.45, 7) is 4.46. The highest BCUT2D eigenvalue weighted by Crippen LogP contribution is 2.31. The number of anilines is 1. The number of ether oxygens (including phenoxy) is 1. The lowest BCUT2D eigenvalue weighted by Crippen LogP contribution is -2.48. The molecule has 1 heterocycles. The molecule has 1 aliphatic heterocycles. The molecule has 0 aromatic heterocycles. The average molecular weight is 305 g/mol. The van der Waals surface area contributed by atoms with Crippen LogP contribution in [0.1, 0.15) is 19.4 Å². The first-order valence-corrected chi connectivity index (χ1v) is 7.45. The highest BCUT2D eigenvalue weighted by atomic mass is 16.5.